The lowest BCUT2D eigenvalue weighted by molar-refractivity contribution is -0.120. The van der Waals surface area contributed by atoms with Crippen LogP contribution in [0.25, 0.3) is 16.7 Å². The second kappa shape index (κ2) is 17.4. The largest absolute Gasteiger partial charge is 0.454 e. The lowest BCUT2D eigenvalue weighted by Gasteiger charge is -2.21. The molecule has 2 aliphatic rings. The lowest BCUT2D eigenvalue weighted by atomic mass is 9.99. The highest BCUT2D eigenvalue weighted by Crippen LogP contribution is 2.43. The van der Waals surface area contributed by atoms with Gasteiger partial charge in [-0.1, -0.05) is 48.6 Å². The van der Waals surface area contributed by atoms with Crippen LogP contribution in [0, 0.1) is 5.92 Å². The number of benzene rings is 4. The zero-order valence-corrected chi connectivity index (χ0v) is 30.5. The summed E-state index contributed by atoms with van der Waals surface area (Å²) in [4.78, 5) is 27.1. The van der Waals surface area contributed by atoms with Gasteiger partial charge >= 0.3 is 0 Å². The average Bonchev–Trinajstić information content (AvgIpc) is 3.48. The van der Waals surface area contributed by atoms with E-state index in [0.29, 0.717) is 59.6 Å². The van der Waals surface area contributed by atoms with Crippen LogP contribution in [0.15, 0.2) is 126 Å². The maximum Gasteiger partial charge on any atom is 0.250 e. The van der Waals surface area contributed by atoms with Gasteiger partial charge in [-0.05, 0) is 73.9 Å². The number of carbonyl (C=O) groups excluding carboxylic acids is 1. The number of aryl methyl sites for hydroxylation is 1. The summed E-state index contributed by atoms with van der Waals surface area (Å²) in [5, 5.41) is 3.02. The Bertz CT molecular complexity index is 2190. The number of rotatable bonds is 8. The fourth-order valence-electron chi connectivity index (χ4n) is 6.21. The third kappa shape index (κ3) is 9.12. The van der Waals surface area contributed by atoms with Gasteiger partial charge in [0.25, 0.3) is 0 Å². The van der Waals surface area contributed by atoms with Crippen LogP contribution >= 0.6 is 0 Å². The van der Waals surface area contributed by atoms with E-state index in [1.165, 1.54) is 10.6 Å². The SMILES string of the molecule is CN1C=C(c2ccc(N)c(N)c2Oc2ccccc2)C=CC1.Cn1cc(-c2ccc(N)c(NC(=O)C3CCCOCC3)c2Oc2ccccc2)ccc1=O. The molecule has 1 fully saturated rings. The quantitative estimate of drug-likeness (QED) is 0.118. The van der Waals surface area contributed by atoms with E-state index in [2.05, 4.69) is 28.6 Å². The highest BCUT2D eigenvalue weighted by Gasteiger charge is 2.24. The molecule has 0 radical (unpaired) electrons. The summed E-state index contributed by atoms with van der Waals surface area (Å²) in [5.74, 6) is 2.13. The molecule has 2 aliphatic heterocycles. The number of ether oxygens (including phenoxy) is 3. The Hall–Kier alpha value is -6.46. The number of anilines is 4. The maximum absolute atomic E-state index is 13.1. The Balaban J connectivity index is 0.000000197. The fraction of sp³-hybridized carbons (Fsp3) is 0.209. The zero-order chi connectivity index (χ0) is 38.0. The Morgan fingerprint density at radius 3 is 2.13 bits per heavy atom. The van der Waals surface area contributed by atoms with Gasteiger partial charge < -0.3 is 46.2 Å². The minimum Gasteiger partial charge on any atom is -0.454 e. The molecule has 11 nitrogen and oxygen atoms in total. The summed E-state index contributed by atoms with van der Waals surface area (Å²) in [7, 11) is 3.72. The van der Waals surface area contributed by atoms with Crippen molar-refractivity contribution in [3.8, 4) is 34.1 Å². The Morgan fingerprint density at radius 2 is 1.44 bits per heavy atom. The van der Waals surface area contributed by atoms with Gasteiger partial charge in [0.1, 0.15) is 17.2 Å². The van der Waals surface area contributed by atoms with Crippen LogP contribution in [0.4, 0.5) is 22.7 Å². The van der Waals surface area contributed by atoms with Gasteiger partial charge in [-0.3, -0.25) is 9.59 Å². The fourth-order valence-corrected chi connectivity index (χ4v) is 6.21. The van der Waals surface area contributed by atoms with Gasteiger partial charge in [-0.25, -0.2) is 0 Å². The molecule has 0 saturated carbocycles. The minimum atomic E-state index is -0.150. The van der Waals surface area contributed by atoms with Crippen molar-refractivity contribution in [1.29, 1.82) is 0 Å². The summed E-state index contributed by atoms with van der Waals surface area (Å²) in [6.45, 7) is 2.14. The number of aromatic nitrogens is 1. The van der Waals surface area contributed by atoms with Crippen LogP contribution in [-0.2, 0) is 16.6 Å². The van der Waals surface area contributed by atoms with Crippen molar-refractivity contribution in [1.82, 2.24) is 9.47 Å². The second-order valence-corrected chi connectivity index (χ2v) is 13.2. The molecule has 1 saturated heterocycles. The van der Waals surface area contributed by atoms with Crippen LogP contribution in [0.1, 0.15) is 24.8 Å². The third-order valence-corrected chi connectivity index (χ3v) is 9.17. The lowest BCUT2D eigenvalue weighted by Crippen LogP contribution is -2.24. The maximum atomic E-state index is 13.1. The van der Waals surface area contributed by atoms with E-state index in [0.717, 1.165) is 47.4 Å². The molecule has 11 heteroatoms. The predicted molar refractivity (Wildman–Crippen MR) is 216 cm³/mol. The van der Waals surface area contributed by atoms with Crippen molar-refractivity contribution in [3.05, 3.63) is 138 Å². The van der Waals surface area contributed by atoms with Crippen molar-refractivity contribution in [2.75, 3.05) is 49.3 Å². The number of likely N-dealkylation sites (N-methyl/N-ethyl adjacent to an activating group) is 1. The monoisotopic (exact) mass is 726 g/mol. The molecule has 54 heavy (non-hydrogen) atoms. The molecule has 0 aliphatic carbocycles. The van der Waals surface area contributed by atoms with Gasteiger partial charge in [0, 0.05) is 80.5 Å². The van der Waals surface area contributed by atoms with Crippen molar-refractivity contribution >= 4 is 34.2 Å². The number of carbonyl (C=O) groups is 1. The molecule has 7 N–H and O–H groups in total. The molecule has 3 heterocycles. The molecule has 1 amide bonds. The number of amides is 1. The number of hydrogen-bond donors (Lipinski definition) is 4. The van der Waals surface area contributed by atoms with E-state index in [1.54, 1.807) is 25.4 Å². The van der Waals surface area contributed by atoms with Crippen LogP contribution in [0.3, 0.4) is 0 Å². The van der Waals surface area contributed by atoms with Crippen molar-refractivity contribution < 1.29 is 19.0 Å². The second-order valence-electron chi connectivity index (χ2n) is 13.2. The first-order valence-corrected chi connectivity index (χ1v) is 17.9. The van der Waals surface area contributed by atoms with Gasteiger partial charge in [0.2, 0.25) is 11.5 Å². The predicted octanol–water partition coefficient (Wildman–Crippen LogP) is 7.67. The van der Waals surface area contributed by atoms with Gasteiger partial charge in [0.15, 0.2) is 11.5 Å². The molecule has 0 spiro atoms. The van der Waals surface area contributed by atoms with Crippen LogP contribution < -0.4 is 37.6 Å². The first-order chi connectivity index (χ1) is 26.2. The van der Waals surface area contributed by atoms with Crippen LogP contribution in [0.2, 0.25) is 0 Å². The topological polar surface area (TPSA) is 160 Å². The minimum absolute atomic E-state index is 0.0993. The molecule has 1 aromatic heterocycles. The molecule has 1 unspecified atom stereocenters. The first kappa shape index (κ1) is 37.3. The van der Waals surface area contributed by atoms with E-state index in [1.807, 2.05) is 85.9 Å². The average molecular weight is 727 g/mol. The summed E-state index contributed by atoms with van der Waals surface area (Å²) < 4.78 is 19.3. The number of nitrogens with two attached hydrogens (primary N) is 3. The Labute approximate surface area is 315 Å². The number of para-hydroxylation sites is 2. The van der Waals surface area contributed by atoms with Gasteiger partial charge in [0.05, 0.1) is 17.1 Å². The highest BCUT2D eigenvalue weighted by atomic mass is 16.5. The molecule has 4 aromatic carbocycles. The zero-order valence-electron chi connectivity index (χ0n) is 30.5. The molecule has 5 aromatic rings. The number of nitrogens with zero attached hydrogens (tertiary/aromatic N) is 2. The normalized spacial score (nSPS) is 15.3. The van der Waals surface area contributed by atoms with Crippen LogP contribution in [0.5, 0.6) is 23.0 Å². The molecule has 1 atom stereocenters. The van der Waals surface area contributed by atoms with E-state index >= 15 is 0 Å². The summed E-state index contributed by atoms with van der Waals surface area (Å²) in [6, 6.07) is 29.5. The highest BCUT2D eigenvalue weighted by molar-refractivity contribution is 5.99. The van der Waals surface area contributed by atoms with Crippen molar-refractivity contribution in [2.24, 2.45) is 13.0 Å². The summed E-state index contributed by atoms with van der Waals surface area (Å²) >= 11 is 0. The number of nitrogen functional groups attached to an aromatic ring is 3. The van der Waals surface area contributed by atoms with E-state index < -0.39 is 0 Å². The van der Waals surface area contributed by atoms with E-state index in [9.17, 15) is 9.59 Å². The number of pyridine rings is 1. The van der Waals surface area contributed by atoms with E-state index in [-0.39, 0.29) is 17.4 Å². The smallest absolute Gasteiger partial charge is 0.250 e. The third-order valence-electron chi connectivity index (χ3n) is 9.17. The van der Waals surface area contributed by atoms with Crippen LogP contribution in [-0.4, -0.2) is 42.2 Å². The van der Waals surface area contributed by atoms with E-state index in [4.69, 9.17) is 31.4 Å². The molecule has 278 valence electrons. The number of allylic oxidation sites excluding steroid dienone is 2. The summed E-state index contributed by atoms with van der Waals surface area (Å²) in [6.07, 6.45) is 10.3. The molecule has 7 rings (SSSR count). The Morgan fingerprint density at radius 1 is 0.778 bits per heavy atom. The Kier molecular flexibility index (Phi) is 12.0. The number of nitrogens with one attached hydrogen (secondary N) is 1. The van der Waals surface area contributed by atoms with Gasteiger partial charge in [-0.2, -0.15) is 0 Å². The van der Waals surface area contributed by atoms with Gasteiger partial charge in [-0.15, -0.1) is 0 Å². The molecular formula is C43H46N6O5. The first-order valence-electron chi connectivity index (χ1n) is 17.9. The molecule has 0 bridgehead atoms. The standard InChI is InChI=1S/C25H27N3O4.C18H19N3O/c1-28-16-18(9-12-22(28)29)20-10-11-21(26)23(24(20)32-19-7-3-2-4-8-19)27-25(30)17-6-5-14-31-15-13-17;1-21-11-5-6-13(12-21)15-9-10-16(19)17(20)18(15)22-14-7-3-2-4-8-14/h2-4,7-12,16-17H,5-6,13-15,26H2,1H3,(H,27,30);2-10,12H,11,19-20H2,1H3. The number of hydrogen-bond acceptors (Lipinski definition) is 9. The van der Waals surface area contributed by atoms with Crippen molar-refractivity contribution in [3.63, 3.8) is 0 Å². The molecular weight excluding hydrogens is 681 g/mol. The van der Waals surface area contributed by atoms with Crippen molar-refractivity contribution in [2.45, 2.75) is 19.3 Å². The summed E-state index contributed by atoms with van der Waals surface area (Å²) in [5.41, 5.74) is 23.6.